The highest BCUT2D eigenvalue weighted by molar-refractivity contribution is 5.84. The predicted molar refractivity (Wildman–Crippen MR) is 65.7 cm³/mol. The van der Waals surface area contributed by atoms with Gasteiger partial charge < -0.3 is 15.4 Å². The van der Waals surface area contributed by atoms with Gasteiger partial charge in [0.05, 0.1) is 19.2 Å². The van der Waals surface area contributed by atoms with Gasteiger partial charge in [0.2, 0.25) is 5.91 Å². The number of likely N-dealkylation sites (tertiary alicyclic amines) is 1. The molecule has 0 bridgehead atoms. The summed E-state index contributed by atoms with van der Waals surface area (Å²) in [6.07, 6.45) is 0.749. The predicted octanol–water partition coefficient (Wildman–Crippen LogP) is 1.32. The third-order valence-electron chi connectivity index (χ3n) is 3.35. The molecule has 1 saturated heterocycles. The van der Waals surface area contributed by atoms with Crippen molar-refractivity contribution < 1.29 is 9.53 Å². The van der Waals surface area contributed by atoms with Crippen molar-refractivity contribution in [2.45, 2.75) is 25.4 Å². The fourth-order valence-corrected chi connectivity index (χ4v) is 2.17. The molecule has 0 aliphatic carbocycles. The average Bonchev–Trinajstić information content (AvgIpc) is 2.69. The smallest absolute Gasteiger partial charge is 0.240 e. The number of carbonyl (C=O) groups excluding carboxylic acids is 1. The molecule has 4 heteroatoms. The van der Waals surface area contributed by atoms with Gasteiger partial charge in [-0.05, 0) is 31.0 Å². The molecule has 1 heterocycles. The Hall–Kier alpha value is -1.55. The van der Waals surface area contributed by atoms with Crippen molar-refractivity contribution in [3.8, 4) is 5.75 Å². The summed E-state index contributed by atoms with van der Waals surface area (Å²) in [5.74, 6) is 0.874. The molecule has 2 unspecified atom stereocenters. The van der Waals surface area contributed by atoms with E-state index in [1.165, 1.54) is 0 Å². The van der Waals surface area contributed by atoms with E-state index in [9.17, 15) is 4.79 Å². The van der Waals surface area contributed by atoms with Gasteiger partial charge in [-0.2, -0.15) is 0 Å². The quantitative estimate of drug-likeness (QED) is 0.858. The van der Waals surface area contributed by atoms with Crippen molar-refractivity contribution >= 4 is 5.91 Å². The molecule has 1 aromatic rings. The molecular weight excluding hydrogens is 216 g/mol. The fraction of sp³-hybridized carbons (Fsp3) is 0.462. The second-order valence-corrected chi connectivity index (χ2v) is 4.38. The normalized spacial score (nSPS) is 21.7. The summed E-state index contributed by atoms with van der Waals surface area (Å²) in [5, 5.41) is 0. The number of carbonyl (C=O) groups is 1. The first kappa shape index (κ1) is 11.9. The fourth-order valence-electron chi connectivity index (χ4n) is 2.17. The van der Waals surface area contributed by atoms with Gasteiger partial charge in [-0.3, -0.25) is 4.79 Å². The van der Waals surface area contributed by atoms with Crippen molar-refractivity contribution in [3.63, 3.8) is 0 Å². The first-order chi connectivity index (χ1) is 8.13. The first-order valence-corrected chi connectivity index (χ1v) is 5.83. The lowest BCUT2D eigenvalue weighted by atomic mass is 10.1. The highest BCUT2D eigenvalue weighted by atomic mass is 16.5. The molecule has 1 aliphatic heterocycles. The lowest BCUT2D eigenvalue weighted by Crippen LogP contribution is -2.35. The minimum atomic E-state index is -0.323. The number of ether oxygens (including phenoxy) is 1. The summed E-state index contributed by atoms with van der Waals surface area (Å²) < 4.78 is 5.11. The van der Waals surface area contributed by atoms with E-state index in [-0.39, 0.29) is 18.0 Å². The topological polar surface area (TPSA) is 55.6 Å². The number of nitrogens with two attached hydrogens (primary N) is 1. The van der Waals surface area contributed by atoms with Gasteiger partial charge in [-0.25, -0.2) is 0 Å². The number of hydrogen-bond donors (Lipinski definition) is 1. The van der Waals surface area contributed by atoms with Crippen molar-refractivity contribution in [1.29, 1.82) is 0 Å². The van der Waals surface area contributed by atoms with E-state index in [0.29, 0.717) is 0 Å². The zero-order valence-electron chi connectivity index (χ0n) is 10.2. The molecule has 0 aromatic heterocycles. The second-order valence-electron chi connectivity index (χ2n) is 4.38. The molecule has 0 radical (unpaired) electrons. The molecule has 92 valence electrons. The van der Waals surface area contributed by atoms with E-state index in [4.69, 9.17) is 10.5 Å². The van der Waals surface area contributed by atoms with Crippen LogP contribution >= 0.6 is 0 Å². The Labute approximate surface area is 101 Å². The van der Waals surface area contributed by atoms with E-state index < -0.39 is 0 Å². The monoisotopic (exact) mass is 234 g/mol. The maximum atomic E-state index is 11.8. The second kappa shape index (κ2) is 4.75. The molecule has 2 rings (SSSR count). The van der Waals surface area contributed by atoms with Crippen LogP contribution in [0.4, 0.5) is 0 Å². The zero-order valence-corrected chi connectivity index (χ0v) is 10.2. The first-order valence-electron chi connectivity index (χ1n) is 5.83. The van der Waals surface area contributed by atoms with Crippen LogP contribution in [0, 0.1) is 0 Å². The van der Waals surface area contributed by atoms with Crippen molar-refractivity contribution in [2.75, 3.05) is 13.7 Å². The number of hydrogen-bond acceptors (Lipinski definition) is 3. The van der Waals surface area contributed by atoms with Gasteiger partial charge in [0, 0.05) is 6.54 Å². The van der Waals surface area contributed by atoms with E-state index in [1.807, 2.05) is 36.1 Å². The molecule has 2 N–H and O–H groups in total. The van der Waals surface area contributed by atoms with E-state index >= 15 is 0 Å². The molecule has 1 aliphatic rings. The van der Waals surface area contributed by atoms with Gasteiger partial charge in [0.15, 0.2) is 0 Å². The van der Waals surface area contributed by atoms with Crippen LogP contribution in [0.5, 0.6) is 5.75 Å². The van der Waals surface area contributed by atoms with Gasteiger partial charge >= 0.3 is 0 Å². The Morgan fingerprint density at radius 1 is 1.41 bits per heavy atom. The molecule has 17 heavy (non-hydrogen) atoms. The van der Waals surface area contributed by atoms with E-state index in [2.05, 4.69) is 0 Å². The molecular formula is C13H18N2O2. The highest BCUT2D eigenvalue weighted by Gasteiger charge is 2.32. The Morgan fingerprint density at radius 3 is 2.53 bits per heavy atom. The SMILES string of the molecule is COc1ccc(C(C)N2CCC(N)C2=O)cc1. The van der Waals surface area contributed by atoms with Crippen molar-refractivity contribution in [3.05, 3.63) is 29.8 Å². The van der Waals surface area contributed by atoms with Gasteiger partial charge in [-0.15, -0.1) is 0 Å². The number of nitrogens with zero attached hydrogens (tertiary/aromatic N) is 1. The van der Waals surface area contributed by atoms with Gasteiger partial charge in [0.1, 0.15) is 5.75 Å². The third-order valence-corrected chi connectivity index (χ3v) is 3.35. The minimum Gasteiger partial charge on any atom is -0.497 e. The molecule has 0 saturated carbocycles. The lowest BCUT2D eigenvalue weighted by molar-refractivity contribution is -0.130. The minimum absolute atomic E-state index is 0.0494. The van der Waals surface area contributed by atoms with Crippen molar-refractivity contribution in [2.24, 2.45) is 5.73 Å². The number of methoxy groups -OCH3 is 1. The van der Waals surface area contributed by atoms with Crippen LogP contribution < -0.4 is 10.5 Å². The maximum Gasteiger partial charge on any atom is 0.240 e. The van der Waals surface area contributed by atoms with Gasteiger partial charge in [0.25, 0.3) is 0 Å². The maximum absolute atomic E-state index is 11.8. The standard InChI is InChI=1S/C13H18N2O2/c1-9(15-8-7-12(14)13(15)16)10-3-5-11(17-2)6-4-10/h3-6,9,12H,7-8,14H2,1-2H3. The van der Waals surface area contributed by atoms with Crippen LogP contribution in [-0.4, -0.2) is 30.5 Å². The molecule has 2 atom stereocenters. The van der Waals surface area contributed by atoms with Crippen LogP contribution in [0.25, 0.3) is 0 Å². The summed E-state index contributed by atoms with van der Waals surface area (Å²) in [6, 6.07) is 7.54. The lowest BCUT2D eigenvalue weighted by Gasteiger charge is -2.25. The molecule has 1 aromatic carbocycles. The van der Waals surface area contributed by atoms with Crippen LogP contribution in [-0.2, 0) is 4.79 Å². The zero-order chi connectivity index (χ0) is 12.4. The van der Waals surface area contributed by atoms with E-state index in [1.54, 1.807) is 7.11 Å². The number of amides is 1. The van der Waals surface area contributed by atoms with Gasteiger partial charge in [-0.1, -0.05) is 12.1 Å². The summed E-state index contributed by atoms with van der Waals surface area (Å²) in [6.45, 7) is 2.77. The Kier molecular flexibility index (Phi) is 3.33. The number of rotatable bonds is 3. The summed E-state index contributed by atoms with van der Waals surface area (Å²) in [4.78, 5) is 13.7. The molecule has 1 fully saturated rings. The highest BCUT2D eigenvalue weighted by Crippen LogP contribution is 2.26. The molecule has 0 spiro atoms. The summed E-state index contributed by atoms with van der Waals surface area (Å²) in [5.41, 5.74) is 6.82. The van der Waals surface area contributed by atoms with Crippen LogP contribution in [0.3, 0.4) is 0 Å². The Bertz CT molecular complexity index is 402. The summed E-state index contributed by atoms with van der Waals surface area (Å²) >= 11 is 0. The van der Waals surface area contributed by atoms with Crippen molar-refractivity contribution in [1.82, 2.24) is 4.90 Å². The third kappa shape index (κ3) is 2.26. The average molecular weight is 234 g/mol. The number of benzene rings is 1. The Balaban J connectivity index is 2.13. The largest absolute Gasteiger partial charge is 0.497 e. The van der Waals surface area contributed by atoms with Crippen LogP contribution in [0.15, 0.2) is 24.3 Å². The van der Waals surface area contributed by atoms with Crippen LogP contribution in [0.1, 0.15) is 24.9 Å². The summed E-state index contributed by atoms with van der Waals surface area (Å²) in [7, 11) is 1.64. The van der Waals surface area contributed by atoms with E-state index in [0.717, 1.165) is 24.3 Å². The van der Waals surface area contributed by atoms with Crippen LogP contribution in [0.2, 0.25) is 0 Å². The molecule has 4 nitrogen and oxygen atoms in total. The Morgan fingerprint density at radius 2 is 2.06 bits per heavy atom. The molecule has 1 amide bonds.